The van der Waals surface area contributed by atoms with Crippen LogP contribution in [0.3, 0.4) is 0 Å². The highest BCUT2D eigenvalue weighted by atomic mass is 127. The van der Waals surface area contributed by atoms with E-state index in [0.29, 0.717) is 17.6 Å². The molecule has 6 heteroatoms. The molecule has 104 valence electrons. The number of nitrogens with zero attached hydrogens (tertiary/aromatic N) is 3. The fourth-order valence-corrected chi connectivity index (χ4v) is 2.65. The van der Waals surface area contributed by atoms with E-state index in [-0.39, 0.29) is 5.91 Å². The van der Waals surface area contributed by atoms with Gasteiger partial charge in [0.05, 0.1) is 6.20 Å². The molecule has 1 fully saturated rings. The average Bonchev–Trinajstić information content (AvgIpc) is 2.41. The third-order valence-electron chi connectivity index (χ3n) is 3.30. The number of nitrogens with one attached hydrogen (secondary N) is 1. The largest absolute Gasteiger partial charge is 0.365 e. The SMILES string of the molecule is CN(C)C(=O)c1nc(I)cnc1NC1CCCCC1. The lowest BCUT2D eigenvalue weighted by Crippen LogP contribution is -2.28. The van der Waals surface area contributed by atoms with Crippen molar-refractivity contribution in [2.45, 2.75) is 38.1 Å². The summed E-state index contributed by atoms with van der Waals surface area (Å²) in [6.45, 7) is 0. The van der Waals surface area contributed by atoms with Crippen LogP contribution < -0.4 is 5.32 Å². The second kappa shape index (κ2) is 6.49. The molecule has 1 N–H and O–H groups in total. The normalized spacial score (nSPS) is 16.2. The Labute approximate surface area is 127 Å². The van der Waals surface area contributed by atoms with E-state index in [1.54, 1.807) is 20.3 Å². The van der Waals surface area contributed by atoms with Gasteiger partial charge in [0.25, 0.3) is 5.91 Å². The van der Waals surface area contributed by atoms with Crippen LogP contribution in [-0.4, -0.2) is 40.9 Å². The minimum Gasteiger partial charge on any atom is -0.365 e. The lowest BCUT2D eigenvalue weighted by Gasteiger charge is -2.24. The first-order valence-electron chi connectivity index (χ1n) is 6.58. The Morgan fingerprint density at radius 3 is 2.68 bits per heavy atom. The molecule has 0 bridgehead atoms. The Bertz CT molecular complexity index is 458. The average molecular weight is 374 g/mol. The number of carbonyl (C=O) groups excluding carboxylic acids is 1. The molecule has 1 aliphatic rings. The summed E-state index contributed by atoms with van der Waals surface area (Å²) in [5, 5.41) is 3.39. The van der Waals surface area contributed by atoms with Gasteiger partial charge in [-0.2, -0.15) is 0 Å². The Kier molecular flexibility index (Phi) is 4.95. The van der Waals surface area contributed by atoms with Gasteiger partial charge in [0.2, 0.25) is 0 Å². The molecule has 0 aliphatic heterocycles. The number of rotatable bonds is 3. The molecule has 2 rings (SSSR count). The van der Waals surface area contributed by atoms with E-state index < -0.39 is 0 Å². The standard InChI is InChI=1S/C13H19IN4O/c1-18(2)13(19)11-12(15-8-10(14)17-11)16-9-6-4-3-5-7-9/h8-9H,3-7H2,1-2H3,(H,15,16). The predicted octanol–water partition coefficient (Wildman–Crippen LogP) is 2.53. The lowest BCUT2D eigenvalue weighted by molar-refractivity contribution is 0.0822. The van der Waals surface area contributed by atoms with Crippen molar-refractivity contribution in [3.05, 3.63) is 15.6 Å². The van der Waals surface area contributed by atoms with Gasteiger partial charge >= 0.3 is 0 Å². The molecular weight excluding hydrogens is 355 g/mol. The molecule has 0 radical (unpaired) electrons. The van der Waals surface area contributed by atoms with Gasteiger partial charge < -0.3 is 10.2 Å². The number of aromatic nitrogens is 2. The third-order valence-corrected chi connectivity index (χ3v) is 3.82. The van der Waals surface area contributed by atoms with Crippen LogP contribution in [0, 0.1) is 3.70 Å². The van der Waals surface area contributed by atoms with E-state index in [4.69, 9.17) is 0 Å². The number of hydrogen-bond donors (Lipinski definition) is 1. The molecule has 1 heterocycles. The van der Waals surface area contributed by atoms with Gasteiger partial charge in [-0.3, -0.25) is 4.79 Å². The highest BCUT2D eigenvalue weighted by Gasteiger charge is 2.20. The van der Waals surface area contributed by atoms with Crippen LogP contribution in [0.4, 0.5) is 5.82 Å². The minimum absolute atomic E-state index is 0.107. The molecule has 0 spiro atoms. The second-order valence-corrected chi connectivity index (χ2v) is 6.17. The second-order valence-electron chi connectivity index (χ2n) is 5.07. The molecule has 19 heavy (non-hydrogen) atoms. The quantitative estimate of drug-likeness (QED) is 0.827. The fraction of sp³-hybridized carbons (Fsp3) is 0.615. The maximum atomic E-state index is 12.1. The molecule has 0 saturated heterocycles. The van der Waals surface area contributed by atoms with Crippen LogP contribution in [0.1, 0.15) is 42.6 Å². The number of amides is 1. The summed E-state index contributed by atoms with van der Waals surface area (Å²) in [5.41, 5.74) is 0.419. The molecule has 5 nitrogen and oxygen atoms in total. The maximum absolute atomic E-state index is 12.1. The van der Waals surface area contributed by atoms with Crippen molar-refractivity contribution in [3.63, 3.8) is 0 Å². The minimum atomic E-state index is -0.107. The van der Waals surface area contributed by atoms with E-state index >= 15 is 0 Å². The van der Waals surface area contributed by atoms with Gasteiger partial charge in [-0.15, -0.1) is 0 Å². The summed E-state index contributed by atoms with van der Waals surface area (Å²) in [6.07, 6.45) is 7.77. The van der Waals surface area contributed by atoms with Crippen molar-refractivity contribution < 1.29 is 4.79 Å². The van der Waals surface area contributed by atoms with Crippen molar-refractivity contribution in [2.75, 3.05) is 19.4 Å². The number of carbonyl (C=O) groups is 1. The van der Waals surface area contributed by atoms with E-state index in [1.807, 2.05) is 0 Å². The number of hydrogen-bond acceptors (Lipinski definition) is 4. The Hall–Kier alpha value is -0.920. The van der Waals surface area contributed by atoms with Crippen molar-refractivity contribution in [1.29, 1.82) is 0 Å². The zero-order chi connectivity index (χ0) is 13.8. The molecular formula is C13H19IN4O. The molecule has 1 aliphatic carbocycles. The summed E-state index contributed by atoms with van der Waals surface area (Å²) in [7, 11) is 3.46. The van der Waals surface area contributed by atoms with Crippen LogP contribution in [0.2, 0.25) is 0 Å². The van der Waals surface area contributed by atoms with E-state index in [0.717, 1.165) is 16.5 Å². The fourth-order valence-electron chi connectivity index (χ4n) is 2.27. The molecule has 0 unspecified atom stereocenters. The lowest BCUT2D eigenvalue weighted by atomic mass is 9.95. The van der Waals surface area contributed by atoms with Crippen LogP contribution in [0.25, 0.3) is 0 Å². The molecule has 0 aromatic carbocycles. The van der Waals surface area contributed by atoms with Crippen LogP contribution in [0.5, 0.6) is 0 Å². The van der Waals surface area contributed by atoms with Gasteiger partial charge in [0.15, 0.2) is 11.5 Å². The van der Waals surface area contributed by atoms with Crippen LogP contribution in [0.15, 0.2) is 6.20 Å². The highest BCUT2D eigenvalue weighted by molar-refractivity contribution is 14.1. The summed E-state index contributed by atoms with van der Waals surface area (Å²) in [6, 6.07) is 0.414. The van der Waals surface area contributed by atoms with Crippen LogP contribution in [-0.2, 0) is 0 Å². The summed E-state index contributed by atoms with van der Waals surface area (Å²) >= 11 is 2.08. The van der Waals surface area contributed by atoms with Crippen LogP contribution >= 0.6 is 22.6 Å². The predicted molar refractivity (Wildman–Crippen MR) is 83.3 cm³/mol. The van der Waals surface area contributed by atoms with Gasteiger partial charge in [0.1, 0.15) is 3.70 Å². The third kappa shape index (κ3) is 3.77. The Morgan fingerprint density at radius 1 is 1.37 bits per heavy atom. The number of halogens is 1. The smallest absolute Gasteiger partial charge is 0.275 e. The number of anilines is 1. The summed E-state index contributed by atoms with van der Waals surface area (Å²) in [5.74, 6) is 0.510. The summed E-state index contributed by atoms with van der Waals surface area (Å²) < 4.78 is 0.733. The summed E-state index contributed by atoms with van der Waals surface area (Å²) in [4.78, 5) is 22.4. The molecule has 0 atom stereocenters. The van der Waals surface area contributed by atoms with Crippen molar-refractivity contribution in [1.82, 2.24) is 14.9 Å². The monoisotopic (exact) mass is 374 g/mol. The molecule has 1 amide bonds. The van der Waals surface area contributed by atoms with Gasteiger partial charge in [-0.25, -0.2) is 9.97 Å². The molecule has 1 saturated carbocycles. The highest BCUT2D eigenvalue weighted by Crippen LogP contribution is 2.22. The van der Waals surface area contributed by atoms with E-state index in [2.05, 4.69) is 37.9 Å². The zero-order valence-corrected chi connectivity index (χ0v) is 13.5. The Morgan fingerprint density at radius 2 is 2.05 bits per heavy atom. The molecule has 1 aromatic rings. The van der Waals surface area contributed by atoms with Gasteiger partial charge in [-0.1, -0.05) is 19.3 Å². The zero-order valence-electron chi connectivity index (χ0n) is 11.3. The topological polar surface area (TPSA) is 58.1 Å². The van der Waals surface area contributed by atoms with Crippen molar-refractivity contribution in [2.24, 2.45) is 0 Å². The maximum Gasteiger partial charge on any atom is 0.275 e. The van der Waals surface area contributed by atoms with Crippen molar-refractivity contribution >= 4 is 34.3 Å². The van der Waals surface area contributed by atoms with E-state index in [9.17, 15) is 4.79 Å². The first-order valence-corrected chi connectivity index (χ1v) is 7.66. The van der Waals surface area contributed by atoms with Gasteiger partial charge in [-0.05, 0) is 35.4 Å². The first-order chi connectivity index (χ1) is 9.08. The van der Waals surface area contributed by atoms with Crippen molar-refractivity contribution in [3.8, 4) is 0 Å². The first kappa shape index (κ1) is 14.5. The van der Waals surface area contributed by atoms with E-state index in [1.165, 1.54) is 24.2 Å². The Balaban J connectivity index is 2.21. The van der Waals surface area contributed by atoms with Gasteiger partial charge in [0, 0.05) is 20.1 Å². The molecule has 1 aromatic heterocycles.